The second-order valence-corrected chi connectivity index (χ2v) is 1.84. The highest BCUT2D eigenvalue weighted by Gasteiger charge is 2.23. The Morgan fingerprint density at radius 3 is 2.88 bits per heavy atom. The van der Waals surface area contributed by atoms with E-state index in [4.69, 9.17) is 5.11 Å². The molecule has 0 radical (unpaired) electrons. The van der Waals surface area contributed by atoms with Crippen molar-refractivity contribution in [2.24, 2.45) is 0 Å². The second kappa shape index (κ2) is 1.94. The third-order valence-electron chi connectivity index (χ3n) is 1.22. The molecule has 0 aromatic heterocycles. The van der Waals surface area contributed by atoms with E-state index in [2.05, 4.69) is 4.99 Å². The van der Waals surface area contributed by atoms with E-state index in [1.807, 2.05) is 0 Å². The summed E-state index contributed by atoms with van der Waals surface area (Å²) in [4.78, 5) is 12.9. The lowest BCUT2D eigenvalue weighted by atomic mass is 10.2. The highest BCUT2D eigenvalue weighted by Crippen LogP contribution is 1.91. The lowest BCUT2D eigenvalue weighted by Crippen LogP contribution is -2.75. The van der Waals surface area contributed by atoms with Crippen LogP contribution in [0.5, 0.6) is 0 Å². The lowest BCUT2D eigenvalue weighted by molar-refractivity contribution is -0.476. The fourth-order valence-electron chi connectivity index (χ4n) is 0.754. The fourth-order valence-corrected chi connectivity index (χ4v) is 0.754. The summed E-state index contributed by atoms with van der Waals surface area (Å²) < 4.78 is 0. The van der Waals surface area contributed by atoms with E-state index >= 15 is 0 Å². The van der Waals surface area contributed by atoms with Crippen LogP contribution in [0.2, 0.25) is 0 Å². The molecule has 0 aromatic carbocycles. The summed E-state index contributed by atoms with van der Waals surface area (Å²) in [5, 5.41) is 8.33. The molecular formula is C5H8NO2+. The summed E-state index contributed by atoms with van der Waals surface area (Å²) in [6, 6.07) is -0.324. The van der Waals surface area contributed by atoms with Gasteiger partial charge >= 0.3 is 5.97 Å². The van der Waals surface area contributed by atoms with Crippen molar-refractivity contribution >= 4 is 12.2 Å². The van der Waals surface area contributed by atoms with Crippen LogP contribution < -0.4 is 4.99 Å². The third-order valence-corrected chi connectivity index (χ3v) is 1.22. The van der Waals surface area contributed by atoms with Crippen LogP contribution in [0, 0.1) is 0 Å². The molecule has 1 aliphatic heterocycles. The SMILES string of the molecule is O=C(O)C1CCC=[NH+]1. The summed E-state index contributed by atoms with van der Waals surface area (Å²) in [5.74, 6) is -0.751. The van der Waals surface area contributed by atoms with Gasteiger partial charge in [0.15, 0.2) is 0 Å². The van der Waals surface area contributed by atoms with Crippen LogP contribution in [0.15, 0.2) is 0 Å². The molecule has 1 heterocycles. The summed E-state index contributed by atoms with van der Waals surface area (Å²) in [7, 11) is 0. The van der Waals surface area contributed by atoms with Crippen LogP contribution in [0.3, 0.4) is 0 Å². The molecule has 0 bridgehead atoms. The Morgan fingerprint density at radius 2 is 2.62 bits per heavy atom. The number of nitrogens with one attached hydrogen (secondary N) is 1. The van der Waals surface area contributed by atoms with Crippen LogP contribution in [0.1, 0.15) is 12.8 Å². The average molecular weight is 114 g/mol. The Balaban J connectivity index is 2.48. The molecule has 0 spiro atoms. The maximum atomic E-state index is 10.1. The Kier molecular flexibility index (Phi) is 1.28. The van der Waals surface area contributed by atoms with Crippen molar-refractivity contribution in [3.63, 3.8) is 0 Å². The molecule has 0 aliphatic carbocycles. The van der Waals surface area contributed by atoms with Crippen molar-refractivity contribution in [3.8, 4) is 0 Å². The van der Waals surface area contributed by atoms with Crippen molar-refractivity contribution in [2.75, 3.05) is 0 Å². The number of hydrogen-bond acceptors (Lipinski definition) is 1. The molecule has 1 atom stereocenters. The van der Waals surface area contributed by atoms with Gasteiger partial charge in [0.25, 0.3) is 0 Å². The molecule has 44 valence electrons. The van der Waals surface area contributed by atoms with Crippen LogP contribution in [-0.4, -0.2) is 23.3 Å². The van der Waals surface area contributed by atoms with Gasteiger partial charge in [-0.2, -0.15) is 0 Å². The molecule has 0 aromatic rings. The number of carbonyl (C=O) groups is 1. The van der Waals surface area contributed by atoms with Gasteiger partial charge in [-0.1, -0.05) is 0 Å². The number of carboxylic acids is 1. The summed E-state index contributed by atoms with van der Waals surface area (Å²) in [5.41, 5.74) is 0. The number of carboxylic acid groups (broad SMARTS) is 1. The van der Waals surface area contributed by atoms with Gasteiger partial charge in [-0.05, 0) is 0 Å². The van der Waals surface area contributed by atoms with Gasteiger partial charge in [0.05, 0.1) is 0 Å². The van der Waals surface area contributed by atoms with Crippen LogP contribution in [0.4, 0.5) is 0 Å². The maximum absolute atomic E-state index is 10.1. The molecule has 0 saturated heterocycles. The molecule has 1 rings (SSSR count). The first-order valence-corrected chi connectivity index (χ1v) is 2.61. The third kappa shape index (κ3) is 0.857. The van der Waals surface area contributed by atoms with Gasteiger partial charge in [-0.3, -0.25) is 0 Å². The molecule has 2 N–H and O–H groups in total. The smallest absolute Gasteiger partial charge is 0.372 e. The number of aliphatic carboxylic acids is 1. The summed E-state index contributed by atoms with van der Waals surface area (Å²) in [6.07, 6.45) is 3.39. The molecule has 3 nitrogen and oxygen atoms in total. The zero-order valence-corrected chi connectivity index (χ0v) is 4.42. The van der Waals surface area contributed by atoms with Gasteiger partial charge in [-0.25, -0.2) is 9.79 Å². The fraction of sp³-hybridized carbons (Fsp3) is 0.600. The van der Waals surface area contributed by atoms with E-state index < -0.39 is 5.97 Å². The molecule has 1 unspecified atom stereocenters. The normalized spacial score (nSPS) is 26.2. The molecule has 0 amide bonds. The van der Waals surface area contributed by atoms with E-state index in [0.717, 1.165) is 12.8 Å². The van der Waals surface area contributed by atoms with E-state index in [9.17, 15) is 4.79 Å². The molecule has 8 heavy (non-hydrogen) atoms. The molecular weight excluding hydrogens is 106 g/mol. The Bertz CT molecular complexity index is 130. The Labute approximate surface area is 47.0 Å². The predicted octanol–water partition coefficient (Wildman–Crippen LogP) is -1.62. The molecule has 1 aliphatic rings. The van der Waals surface area contributed by atoms with Crippen molar-refractivity contribution in [2.45, 2.75) is 18.9 Å². The first-order chi connectivity index (χ1) is 3.80. The topological polar surface area (TPSA) is 51.3 Å². The highest BCUT2D eigenvalue weighted by molar-refractivity contribution is 5.73. The van der Waals surface area contributed by atoms with Gasteiger partial charge in [0.1, 0.15) is 6.21 Å². The minimum atomic E-state index is -0.751. The highest BCUT2D eigenvalue weighted by atomic mass is 16.4. The van der Waals surface area contributed by atoms with Gasteiger partial charge in [-0.15, -0.1) is 0 Å². The van der Waals surface area contributed by atoms with Gasteiger partial charge in [0.2, 0.25) is 6.04 Å². The standard InChI is InChI=1S/C5H7NO2/c7-5(8)4-2-1-3-6-4/h3-4H,1-2H2,(H,7,8)/p+1. The van der Waals surface area contributed by atoms with Crippen LogP contribution in [0.25, 0.3) is 0 Å². The summed E-state index contributed by atoms with van der Waals surface area (Å²) >= 11 is 0. The lowest BCUT2D eigenvalue weighted by Gasteiger charge is -1.88. The Morgan fingerprint density at radius 1 is 1.88 bits per heavy atom. The molecule has 0 fully saturated rings. The molecule has 3 heteroatoms. The monoisotopic (exact) mass is 114 g/mol. The first kappa shape index (κ1) is 5.28. The van der Waals surface area contributed by atoms with E-state index in [0.29, 0.717) is 0 Å². The Hall–Kier alpha value is -0.860. The second-order valence-electron chi connectivity index (χ2n) is 1.84. The predicted molar refractivity (Wildman–Crippen MR) is 27.7 cm³/mol. The number of hydrogen-bond donors (Lipinski definition) is 2. The van der Waals surface area contributed by atoms with Crippen molar-refractivity contribution < 1.29 is 14.9 Å². The van der Waals surface area contributed by atoms with E-state index in [-0.39, 0.29) is 6.04 Å². The zero-order chi connectivity index (χ0) is 5.98. The minimum absolute atomic E-state index is 0.324. The minimum Gasteiger partial charge on any atom is -0.476 e. The van der Waals surface area contributed by atoms with Crippen LogP contribution in [-0.2, 0) is 4.79 Å². The zero-order valence-electron chi connectivity index (χ0n) is 4.42. The average Bonchev–Trinajstić information content (AvgIpc) is 2.12. The van der Waals surface area contributed by atoms with E-state index in [1.165, 1.54) is 0 Å². The maximum Gasteiger partial charge on any atom is 0.372 e. The van der Waals surface area contributed by atoms with Crippen LogP contribution >= 0.6 is 0 Å². The van der Waals surface area contributed by atoms with E-state index in [1.54, 1.807) is 6.21 Å². The van der Waals surface area contributed by atoms with Crippen molar-refractivity contribution in [1.29, 1.82) is 0 Å². The molecule has 0 saturated carbocycles. The van der Waals surface area contributed by atoms with Gasteiger partial charge < -0.3 is 5.11 Å². The van der Waals surface area contributed by atoms with Gasteiger partial charge in [0, 0.05) is 12.8 Å². The first-order valence-electron chi connectivity index (χ1n) is 2.61. The van der Waals surface area contributed by atoms with Crippen molar-refractivity contribution in [3.05, 3.63) is 0 Å². The number of rotatable bonds is 1. The summed E-state index contributed by atoms with van der Waals surface area (Å²) in [6.45, 7) is 0. The largest absolute Gasteiger partial charge is 0.476 e. The van der Waals surface area contributed by atoms with Crippen molar-refractivity contribution in [1.82, 2.24) is 0 Å². The quantitative estimate of drug-likeness (QED) is 0.430.